The predicted octanol–water partition coefficient (Wildman–Crippen LogP) is 0.505. The maximum absolute atomic E-state index is 12.9. The van der Waals surface area contributed by atoms with Gasteiger partial charge in [0.1, 0.15) is 6.17 Å². The molecule has 1 amide bonds. The standard InChI is InChI=1S/C7H12FNO3/c8-5-2-1-4(10)3-6(5)9-7(11)12/h4-6,9-10H,1-3H2,(H,11,12)/t4-,5+,6+/m1/s1. The first kappa shape index (κ1) is 9.25. The molecule has 3 atom stereocenters. The van der Waals surface area contributed by atoms with Gasteiger partial charge < -0.3 is 15.5 Å². The third kappa shape index (κ3) is 2.34. The lowest BCUT2D eigenvalue weighted by Gasteiger charge is -2.28. The summed E-state index contributed by atoms with van der Waals surface area (Å²) in [4.78, 5) is 10.2. The van der Waals surface area contributed by atoms with Crippen molar-refractivity contribution >= 4 is 6.09 Å². The highest BCUT2D eigenvalue weighted by Gasteiger charge is 2.30. The number of halogens is 1. The highest BCUT2D eigenvalue weighted by molar-refractivity contribution is 5.64. The van der Waals surface area contributed by atoms with Gasteiger partial charge >= 0.3 is 6.09 Å². The van der Waals surface area contributed by atoms with Gasteiger partial charge in [-0.15, -0.1) is 0 Å². The summed E-state index contributed by atoms with van der Waals surface area (Å²) in [5, 5.41) is 19.5. The average molecular weight is 177 g/mol. The lowest BCUT2D eigenvalue weighted by atomic mass is 9.91. The molecule has 4 nitrogen and oxygen atoms in total. The smallest absolute Gasteiger partial charge is 0.404 e. The minimum atomic E-state index is -1.24. The van der Waals surface area contributed by atoms with Crippen molar-refractivity contribution < 1.29 is 19.4 Å². The molecule has 0 aliphatic heterocycles. The number of nitrogens with one attached hydrogen (secondary N) is 1. The lowest BCUT2D eigenvalue weighted by molar-refractivity contribution is 0.0669. The molecule has 1 aliphatic rings. The summed E-state index contributed by atoms with van der Waals surface area (Å²) < 4.78 is 12.9. The van der Waals surface area contributed by atoms with Gasteiger partial charge in [0.2, 0.25) is 0 Å². The van der Waals surface area contributed by atoms with Gasteiger partial charge in [-0.2, -0.15) is 0 Å². The molecule has 3 N–H and O–H groups in total. The summed E-state index contributed by atoms with van der Waals surface area (Å²) in [7, 11) is 0. The van der Waals surface area contributed by atoms with Crippen molar-refractivity contribution in [1.29, 1.82) is 0 Å². The second-order valence-electron chi connectivity index (χ2n) is 3.04. The second kappa shape index (κ2) is 3.71. The van der Waals surface area contributed by atoms with Crippen LogP contribution in [0, 0.1) is 0 Å². The van der Waals surface area contributed by atoms with Crippen molar-refractivity contribution in [2.45, 2.75) is 37.6 Å². The van der Waals surface area contributed by atoms with Crippen molar-refractivity contribution in [3.8, 4) is 0 Å². The van der Waals surface area contributed by atoms with Crippen molar-refractivity contribution in [2.75, 3.05) is 0 Å². The molecule has 0 radical (unpaired) electrons. The molecule has 1 aliphatic carbocycles. The van der Waals surface area contributed by atoms with Crippen LogP contribution in [0.4, 0.5) is 9.18 Å². The zero-order valence-corrected chi connectivity index (χ0v) is 6.53. The van der Waals surface area contributed by atoms with E-state index in [9.17, 15) is 9.18 Å². The van der Waals surface area contributed by atoms with Gasteiger partial charge in [-0.05, 0) is 19.3 Å². The van der Waals surface area contributed by atoms with Crippen LogP contribution in [0.3, 0.4) is 0 Å². The first-order valence-corrected chi connectivity index (χ1v) is 3.91. The minimum absolute atomic E-state index is 0.174. The molecule has 1 rings (SSSR count). The van der Waals surface area contributed by atoms with E-state index in [0.29, 0.717) is 6.42 Å². The van der Waals surface area contributed by atoms with E-state index in [1.165, 1.54) is 0 Å². The Bertz CT molecular complexity index is 176. The number of aliphatic hydroxyl groups is 1. The van der Waals surface area contributed by atoms with Gasteiger partial charge in [-0.25, -0.2) is 9.18 Å². The van der Waals surface area contributed by atoms with Crippen LogP contribution in [-0.2, 0) is 0 Å². The van der Waals surface area contributed by atoms with Crippen LogP contribution in [0.5, 0.6) is 0 Å². The summed E-state index contributed by atoms with van der Waals surface area (Å²) >= 11 is 0. The van der Waals surface area contributed by atoms with Crippen molar-refractivity contribution in [3.05, 3.63) is 0 Å². The topological polar surface area (TPSA) is 69.6 Å². The fourth-order valence-corrected chi connectivity index (χ4v) is 1.42. The monoisotopic (exact) mass is 177 g/mol. The second-order valence-corrected chi connectivity index (χ2v) is 3.04. The van der Waals surface area contributed by atoms with E-state index >= 15 is 0 Å². The molecule has 12 heavy (non-hydrogen) atoms. The minimum Gasteiger partial charge on any atom is -0.465 e. The van der Waals surface area contributed by atoms with Crippen LogP contribution < -0.4 is 5.32 Å². The van der Waals surface area contributed by atoms with Crippen LogP contribution in [0.25, 0.3) is 0 Å². The molecule has 0 unspecified atom stereocenters. The van der Waals surface area contributed by atoms with E-state index in [1.807, 2.05) is 5.32 Å². The van der Waals surface area contributed by atoms with Crippen LogP contribution in [0.1, 0.15) is 19.3 Å². The van der Waals surface area contributed by atoms with Crippen LogP contribution in [-0.4, -0.2) is 34.6 Å². The molecular formula is C7H12FNO3. The Hall–Kier alpha value is -0.840. The Balaban J connectivity index is 2.43. The largest absolute Gasteiger partial charge is 0.465 e. The van der Waals surface area contributed by atoms with Crippen molar-refractivity contribution in [1.82, 2.24) is 5.32 Å². The number of rotatable bonds is 1. The van der Waals surface area contributed by atoms with Gasteiger partial charge in [-0.3, -0.25) is 0 Å². The molecule has 5 heteroatoms. The molecule has 0 aromatic heterocycles. The van der Waals surface area contributed by atoms with E-state index < -0.39 is 24.4 Å². The van der Waals surface area contributed by atoms with E-state index in [1.54, 1.807) is 0 Å². The number of hydrogen-bond donors (Lipinski definition) is 3. The summed E-state index contributed by atoms with van der Waals surface area (Å²) in [5.74, 6) is 0. The maximum Gasteiger partial charge on any atom is 0.404 e. The zero-order valence-electron chi connectivity index (χ0n) is 6.53. The van der Waals surface area contributed by atoms with Gasteiger partial charge in [0.25, 0.3) is 0 Å². The molecule has 0 bridgehead atoms. The van der Waals surface area contributed by atoms with Gasteiger partial charge in [0.05, 0.1) is 12.1 Å². The first-order valence-electron chi connectivity index (χ1n) is 3.91. The highest BCUT2D eigenvalue weighted by atomic mass is 19.1. The Morgan fingerprint density at radius 1 is 1.50 bits per heavy atom. The summed E-state index contributed by atoms with van der Waals surface area (Å²) in [6.45, 7) is 0. The summed E-state index contributed by atoms with van der Waals surface area (Å²) in [6, 6.07) is -0.744. The number of amides is 1. The Morgan fingerprint density at radius 2 is 2.17 bits per heavy atom. The predicted molar refractivity (Wildman–Crippen MR) is 39.7 cm³/mol. The van der Waals surface area contributed by atoms with E-state index in [0.717, 1.165) is 0 Å². The molecule has 0 heterocycles. The Kier molecular flexibility index (Phi) is 2.86. The number of hydrogen-bond acceptors (Lipinski definition) is 2. The third-order valence-electron chi connectivity index (χ3n) is 2.05. The normalized spacial score (nSPS) is 36.0. The number of carboxylic acid groups (broad SMARTS) is 1. The van der Waals surface area contributed by atoms with Crippen molar-refractivity contribution in [3.63, 3.8) is 0 Å². The molecule has 1 saturated carbocycles. The van der Waals surface area contributed by atoms with Crippen molar-refractivity contribution in [2.24, 2.45) is 0 Å². The van der Waals surface area contributed by atoms with Gasteiger partial charge in [0, 0.05) is 0 Å². The Labute approximate surface area is 69.4 Å². The SMILES string of the molecule is O=C(O)N[C@H]1C[C@H](O)CC[C@@H]1F. The van der Waals surface area contributed by atoms with Crippen LogP contribution >= 0.6 is 0 Å². The van der Waals surface area contributed by atoms with E-state index in [-0.39, 0.29) is 12.8 Å². The molecule has 1 fully saturated rings. The van der Waals surface area contributed by atoms with Crippen LogP contribution in [0.15, 0.2) is 0 Å². The molecular weight excluding hydrogens is 165 g/mol. The molecule has 0 aromatic rings. The summed E-state index contributed by atoms with van der Waals surface area (Å²) in [5.41, 5.74) is 0. The third-order valence-corrected chi connectivity index (χ3v) is 2.05. The average Bonchev–Trinajstić information content (AvgIpc) is 1.96. The number of aliphatic hydroxyl groups excluding tert-OH is 1. The van der Waals surface area contributed by atoms with Crippen LogP contribution in [0.2, 0.25) is 0 Å². The first-order chi connectivity index (χ1) is 5.59. The summed E-state index contributed by atoms with van der Waals surface area (Å²) in [6.07, 6.45) is -2.16. The van der Waals surface area contributed by atoms with E-state index in [2.05, 4.69) is 0 Å². The van der Waals surface area contributed by atoms with Gasteiger partial charge in [-0.1, -0.05) is 0 Å². The lowest BCUT2D eigenvalue weighted by Crippen LogP contribution is -2.46. The Morgan fingerprint density at radius 3 is 2.75 bits per heavy atom. The fraction of sp³-hybridized carbons (Fsp3) is 0.857. The molecule has 70 valence electrons. The molecule has 0 spiro atoms. The molecule has 0 aromatic carbocycles. The number of alkyl halides is 1. The molecule has 0 saturated heterocycles. The number of carbonyl (C=O) groups is 1. The maximum atomic E-state index is 12.9. The van der Waals surface area contributed by atoms with Gasteiger partial charge in [0.15, 0.2) is 0 Å². The fourth-order valence-electron chi connectivity index (χ4n) is 1.42. The zero-order chi connectivity index (χ0) is 9.14. The van der Waals surface area contributed by atoms with E-state index in [4.69, 9.17) is 10.2 Å². The quantitative estimate of drug-likeness (QED) is 0.546. The highest BCUT2D eigenvalue weighted by Crippen LogP contribution is 2.21.